The van der Waals surface area contributed by atoms with Crippen molar-refractivity contribution in [1.29, 1.82) is 0 Å². The molecule has 0 spiro atoms. The van der Waals surface area contributed by atoms with E-state index in [1.165, 1.54) is 24.3 Å². The van der Waals surface area contributed by atoms with Crippen molar-refractivity contribution >= 4 is 0 Å². The van der Waals surface area contributed by atoms with Crippen LogP contribution in [-0.2, 0) is 6.42 Å². The topological polar surface area (TPSA) is 72.7 Å². The molecule has 0 heterocycles. The second-order valence-electron chi connectivity index (χ2n) is 5.27. The van der Waals surface area contributed by atoms with Gasteiger partial charge in [0.05, 0.1) is 7.45 Å². The summed E-state index contributed by atoms with van der Waals surface area (Å²) in [6, 6.07) is 11.8. The predicted octanol–water partition coefficient (Wildman–Crippen LogP) is 2.74. The molecule has 0 aliphatic heterocycles. The quantitative estimate of drug-likeness (QED) is 0.635. The highest BCUT2D eigenvalue weighted by molar-refractivity contribution is 5.27. The van der Waals surface area contributed by atoms with Crippen molar-refractivity contribution in [1.82, 2.24) is 5.32 Å². The summed E-state index contributed by atoms with van der Waals surface area (Å²) in [5.41, 5.74) is 1.06. The molecule has 118 valence electrons. The van der Waals surface area contributed by atoms with Crippen LogP contribution in [0.5, 0.6) is 11.5 Å². The molecule has 0 amide bonds. The molecule has 0 saturated heterocycles. The Morgan fingerprint density at radius 3 is 2.18 bits per heavy atom. The summed E-state index contributed by atoms with van der Waals surface area (Å²) in [5, 5.41) is 31.6. The lowest BCUT2D eigenvalue weighted by molar-refractivity contribution is 0.170. The van der Waals surface area contributed by atoms with Gasteiger partial charge in [-0.2, -0.15) is 0 Å². The van der Waals surface area contributed by atoms with Crippen molar-refractivity contribution < 1.29 is 19.4 Å². The van der Waals surface area contributed by atoms with Gasteiger partial charge in [-0.15, -0.1) is 0 Å². The van der Waals surface area contributed by atoms with Crippen LogP contribution in [0, 0.1) is 0 Å². The lowest BCUT2D eigenvalue weighted by atomic mass is 10.1. The second kappa shape index (κ2) is 7.82. The molecule has 2 aromatic rings. The summed E-state index contributed by atoms with van der Waals surface area (Å²) in [5.74, 6) is 0.176. The number of phenols is 2. The third kappa shape index (κ3) is 5.06. The molecule has 22 heavy (non-hydrogen) atoms. The Morgan fingerprint density at radius 1 is 1.05 bits per heavy atom. The third-order valence-electron chi connectivity index (χ3n) is 3.38. The van der Waals surface area contributed by atoms with Crippen molar-refractivity contribution in [2.24, 2.45) is 0 Å². The van der Waals surface area contributed by atoms with E-state index in [1.54, 1.807) is 31.2 Å². The fourth-order valence-corrected chi connectivity index (χ4v) is 2.00. The highest BCUT2D eigenvalue weighted by atomic mass is 16.3. The van der Waals surface area contributed by atoms with Crippen molar-refractivity contribution in [3.63, 3.8) is 0 Å². The number of phenolic OH excluding ortho intramolecular Hbond substituents is 2. The fraction of sp³-hybridized carbons (Fsp3) is 0.333. The summed E-state index contributed by atoms with van der Waals surface area (Å²) in [6.45, 7) is -0.608. The van der Waals surface area contributed by atoms with E-state index in [0.717, 1.165) is 5.56 Å². The summed E-state index contributed by atoms with van der Waals surface area (Å²) in [7, 11) is 0. The first-order valence-corrected chi connectivity index (χ1v) is 7.19. The van der Waals surface area contributed by atoms with Gasteiger partial charge >= 0.3 is 0 Å². The first kappa shape index (κ1) is 12.5. The maximum absolute atomic E-state index is 10.4. The minimum atomic E-state index is -2.51. The number of hydrogen-bond donors (Lipinski definition) is 4. The van der Waals surface area contributed by atoms with Crippen molar-refractivity contribution in [3.8, 4) is 11.5 Å². The lowest BCUT2D eigenvalue weighted by Gasteiger charge is -2.17. The smallest absolute Gasteiger partial charge is 0.115 e. The molecule has 4 heteroatoms. The van der Waals surface area contributed by atoms with Gasteiger partial charge in [-0.25, -0.2) is 0 Å². The third-order valence-corrected chi connectivity index (χ3v) is 3.38. The Kier molecular flexibility index (Phi) is 4.44. The summed E-state index contributed by atoms with van der Waals surface area (Å²) >= 11 is 0. The molecule has 0 aromatic heterocycles. The molecule has 2 unspecified atom stereocenters. The van der Waals surface area contributed by atoms with E-state index in [1.807, 2.05) is 0 Å². The molecule has 0 bridgehead atoms. The van der Waals surface area contributed by atoms with Gasteiger partial charge in [-0.3, -0.25) is 0 Å². The van der Waals surface area contributed by atoms with Crippen LogP contribution in [0.25, 0.3) is 0 Å². The van der Waals surface area contributed by atoms with Gasteiger partial charge in [0.2, 0.25) is 0 Å². The van der Waals surface area contributed by atoms with Gasteiger partial charge in [0.25, 0.3) is 0 Å². The number of aromatic hydroxyl groups is 2. The first-order valence-electron chi connectivity index (χ1n) is 8.69. The second-order valence-corrected chi connectivity index (χ2v) is 5.27. The van der Waals surface area contributed by atoms with E-state index in [2.05, 4.69) is 5.32 Å². The Hall–Kier alpha value is -2.04. The Morgan fingerprint density at radius 2 is 1.59 bits per heavy atom. The zero-order valence-electron chi connectivity index (χ0n) is 15.5. The van der Waals surface area contributed by atoms with Crippen molar-refractivity contribution in [2.45, 2.75) is 31.9 Å². The van der Waals surface area contributed by atoms with E-state index in [4.69, 9.17) is 4.11 Å². The number of aliphatic hydroxyl groups is 1. The maximum atomic E-state index is 10.4. The van der Waals surface area contributed by atoms with Crippen LogP contribution in [0.15, 0.2) is 48.5 Å². The van der Waals surface area contributed by atoms with Gasteiger partial charge in [-0.1, -0.05) is 24.3 Å². The summed E-state index contributed by atoms with van der Waals surface area (Å²) in [4.78, 5) is 0. The molecule has 2 aromatic carbocycles. The van der Waals surface area contributed by atoms with E-state index >= 15 is 0 Å². The van der Waals surface area contributed by atoms with Crippen LogP contribution in [-0.4, -0.2) is 27.9 Å². The molecule has 4 nitrogen and oxygen atoms in total. The molecular weight excluding hydrogens is 278 g/mol. The number of benzene rings is 2. The monoisotopic (exact) mass is 304 g/mol. The van der Waals surface area contributed by atoms with Crippen LogP contribution in [0.1, 0.15) is 34.7 Å². The normalized spacial score (nSPS) is 17.8. The van der Waals surface area contributed by atoms with Crippen LogP contribution in [0.3, 0.4) is 0 Å². The zero-order chi connectivity index (χ0) is 18.7. The van der Waals surface area contributed by atoms with Crippen molar-refractivity contribution in [3.05, 3.63) is 59.7 Å². The molecular formula is C18H23NO3. The molecule has 0 radical (unpaired) electrons. The maximum Gasteiger partial charge on any atom is 0.115 e. The zero-order valence-corrected chi connectivity index (χ0v) is 12.5. The average Bonchev–Trinajstić information content (AvgIpc) is 2.54. The minimum Gasteiger partial charge on any atom is -0.508 e. The Bertz CT molecular complexity index is 688. The SMILES string of the molecule is [2H]C([2H])(NC(C)CCc1ccc(O)cc1)C([2H])(O)c1ccc(O)cc1. The fourth-order valence-electron chi connectivity index (χ4n) is 2.00. The van der Waals surface area contributed by atoms with Crippen LogP contribution >= 0.6 is 0 Å². The van der Waals surface area contributed by atoms with Crippen LogP contribution in [0.4, 0.5) is 0 Å². The molecule has 0 aliphatic carbocycles. The highest BCUT2D eigenvalue weighted by Crippen LogP contribution is 2.16. The Labute approximate surface area is 135 Å². The highest BCUT2D eigenvalue weighted by Gasteiger charge is 2.09. The molecule has 4 N–H and O–H groups in total. The number of aryl methyl sites for hydroxylation is 1. The number of hydrogen-bond acceptors (Lipinski definition) is 4. The van der Waals surface area contributed by atoms with E-state index in [-0.39, 0.29) is 23.1 Å². The predicted molar refractivity (Wildman–Crippen MR) is 87.0 cm³/mol. The van der Waals surface area contributed by atoms with Gasteiger partial charge in [0.15, 0.2) is 0 Å². The van der Waals surface area contributed by atoms with Gasteiger partial charge in [0, 0.05) is 15.3 Å². The van der Waals surface area contributed by atoms with Gasteiger partial charge in [-0.05, 0) is 55.2 Å². The van der Waals surface area contributed by atoms with E-state index in [0.29, 0.717) is 12.8 Å². The molecule has 0 saturated carbocycles. The van der Waals surface area contributed by atoms with E-state index in [9.17, 15) is 15.3 Å². The first-order chi connectivity index (χ1) is 11.6. The molecule has 2 atom stereocenters. The average molecular weight is 304 g/mol. The summed E-state index contributed by atoms with van der Waals surface area (Å²) in [6.07, 6.45) is -1.25. The van der Waals surface area contributed by atoms with Gasteiger partial charge in [0.1, 0.15) is 11.5 Å². The van der Waals surface area contributed by atoms with Crippen LogP contribution < -0.4 is 5.32 Å². The lowest BCUT2D eigenvalue weighted by Crippen LogP contribution is -2.30. The summed E-state index contributed by atoms with van der Waals surface area (Å²) < 4.78 is 24.2. The molecule has 0 fully saturated rings. The van der Waals surface area contributed by atoms with E-state index < -0.39 is 12.6 Å². The van der Waals surface area contributed by atoms with Gasteiger partial charge < -0.3 is 20.6 Å². The largest absolute Gasteiger partial charge is 0.508 e. The van der Waals surface area contributed by atoms with Crippen LogP contribution in [0.2, 0.25) is 0 Å². The Balaban J connectivity index is 2.00. The minimum absolute atomic E-state index is 0.0182. The number of nitrogens with one attached hydrogen (secondary N) is 1. The molecule has 0 aliphatic rings. The number of rotatable bonds is 7. The standard InChI is InChI=1S/C18H23NO3/c1-13(2-3-14-4-8-16(20)9-5-14)19-12-18(22)15-6-10-17(21)11-7-15/h4-11,13,18-22H,2-3,12H2,1H3/i12D2,18D. The molecule has 2 rings (SSSR count). The van der Waals surface area contributed by atoms with Crippen molar-refractivity contribution in [2.75, 3.05) is 6.50 Å².